The molecule has 0 fully saturated rings. The number of hydrogen-bond acceptors (Lipinski definition) is 3. The zero-order valence-corrected chi connectivity index (χ0v) is 11.8. The molecule has 0 radical (unpaired) electrons. The standard InChI is InChI=1S/C15H15ClN2O2/c1-2-19-10-5-3-6-11(9-10)20-13-8-4-7-12(16)14(13)15(17)18/h3-9H,2H2,1H3,(H3,17,18). The van der Waals surface area contributed by atoms with Crippen molar-refractivity contribution in [1.82, 2.24) is 0 Å². The molecule has 0 spiro atoms. The molecule has 0 bridgehead atoms. The highest BCUT2D eigenvalue weighted by molar-refractivity contribution is 6.34. The molecule has 0 aromatic heterocycles. The number of ether oxygens (including phenoxy) is 2. The van der Waals surface area contributed by atoms with Crippen molar-refractivity contribution in [1.29, 1.82) is 5.41 Å². The quantitative estimate of drug-likeness (QED) is 0.650. The van der Waals surface area contributed by atoms with E-state index in [1.165, 1.54) is 0 Å². The van der Waals surface area contributed by atoms with Gasteiger partial charge in [0.2, 0.25) is 0 Å². The Hall–Kier alpha value is -2.20. The normalized spacial score (nSPS) is 10.1. The van der Waals surface area contributed by atoms with Crippen LogP contribution in [0.25, 0.3) is 0 Å². The minimum Gasteiger partial charge on any atom is -0.494 e. The predicted octanol–water partition coefficient (Wildman–Crippen LogP) is 3.82. The molecule has 4 nitrogen and oxygen atoms in total. The van der Waals surface area contributed by atoms with Crippen LogP contribution in [0.15, 0.2) is 42.5 Å². The number of amidine groups is 1. The summed E-state index contributed by atoms with van der Waals surface area (Å²) in [7, 11) is 0. The largest absolute Gasteiger partial charge is 0.494 e. The van der Waals surface area contributed by atoms with Crippen molar-refractivity contribution in [3.05, 3.63) is 53.1 Å². The Morgan fingerprint density at radius 1 is 1.20 bits per heavy atom. The lowest BCUT2D eigenvalue weighted by Gasteiger charge is -2.12. The molecular weight excluding hydrogens is 276 g/mol. The summed E-state index contributed by atoms with van der Waals surface area (Å²) in [6.07, 6.45) is 0. The fraction of sp³-hybridized carbons (Fsp3) is 0.133. The molecule has 0 aliphatic carbocycles. The molecule has 0 saturated carbocycles. The van der Waals surface area contributed by atoms with E-state index in [0.717, 1.165) is 5.75 Å². The van der Waals surface area contributed by atoms with E-state index < -0.39 is 0 Å². The summed E-state index contributed by atoms with van der Waals surface area (Å²) >= 11 is 6.05. The van der Waals surface area contributed by atoms with E-state index in [1.807, 2.05) is 19.1 Å². The average molecular weight is 291 g/mol. The number of nitrogens with two attached hydrogens (primary N) is 1. The van der Waals surface area contributed by atoms with Crippen molar-refractivity contribution >= 4 is 17.4 Å². The number of benzene rings is 2. The van der Waals surface area contributed by atoms with Crippen LogP contribution in [0.3, 0.4) is 0 Å². The Morgan fingerprint density at radius 2 is 1.90 bits per heavy atom. The van der Waals surface area contributed by atoms with Crippen molar-refractivity contribution in [3.63, 3.8) is 0 Å². The molecule has 2 rings (SSSR count). The summed E-state index contributed by atoms with van der Waals surface area (Å²) in [4.78, 5) is 0. The van der Waals surface area contributed by atoms with Crippen LogP contribution in [0, 0.1) is 5.41 Å². The first-order valence-corrected chi connectivity index (χ1v) is 6.53. The van der Waals surface area contributed by atoms with Crippen LogP contribution in [0.2, 0.25) is 5.02 Å². The van der Waals surface area contributed by atoms with Gasteiger partial charge in [0.05, 0.1) is 17.2 Å². The summed E-state index contributed by atoms with van der Waals surface area (Å²) in [6.45, 7) is 2.50. The first-order chi connectivity index (χ1) is 9.61. The summed E-state index contributed by atoms with van der Waals surface area (Å²) in [6, 6.07) is 12.4. The van der Waals surface area contributed by atoms with Gasteiger partial charge < -0.3 is 15.2 Å². The Labute approximate surface area is 122 Å². The van der Waals surface area contributed by atoms with Crippen LogP contribution in [-0.4, -0.2) is 12.4 Å². The minimum atomic E-state index is -0.133. The van der Waals surface area contributed by atoms with E-state index in [4.69, 9.17) is 32.2 Å². The van der Waals surface area contributed by atoms with Crippen molar-refractivity contribution < 1.29 is 9.47 Å². The van der Waals surface area contributed by atoms with Crippen molar-refractivity contribution in [2.75, 3.05) is 6.61 Å². The fourth-order valence-electron chi connectivity index (χ4n) is 1.77. The van der Waals surface area contributed by atoms with Gasteiger partial charge in [-0.25, -0.2) is 0 Å². The zero-order chi connectivity index (χ0) is 14.5. The highest BCUT2D eigenvalue weighted by atomic mass is 35.5. The van der Waals surface area contributed by atoms with Crippen LogP contribution < -0.4 is 15.2 Å². The second-order valence-electron chi connectivity index (χ2n) is 4.04. The van der Waals surface area contributed by atoms with E-state index in [2.05, 4.69) is 0 Å². The van der Waals surface area contributed by atoms with E-state index >= 15 is 0 Å². The molecule has 104 valence electrons. The lowest BCUT2D eigenvalue weighted by atomic mass is 10.2. The third-order valence-electron chi connectivity index (χ3n) is 2.59. The first kappa shape index (κ1) is 14.2. The van der Waals surface area contributed by atoms with Gasteiger partial charge >= 0.3 is 0 Å². The van der Waals surface area contributed by atoms with Crippen molar-refractivity contribution in [2.45, 2.75) is 6.92 Å². The lowest BCUT2D eigenvalue weighted by Crippen LogP contribution is -2.13. The van der Waals surface area contributed by atoms with E-state index in [1.54, 1.807) is 30.3 Å². The van der Waals surface area contributed by atoms with Crippen molar-refractivity contribution in [2.24, 2.45) is 5.73 Å². The van der Waals surface area contributed by atoms with Crippen molar-refractivity contribution in [3.8, 4) is 17.2 Å². The monoisotopic (exact) mass is 290 g/mol. The third-order valence-corrected chi connectivity index (χ3v) is 2.90. The molecule has 0 aliphatic heterocycles. The molecule has 0 atom stereocenters. The predicted molar refractivity (Wildman–Crippen MR) is 80.2 cm³/mol. The zero-order valence-electron chi connectivity index (χ0n) is 11.0. The molecule has 20 heavy (non-hydrogen) atoms. The van der Waals surface area contributed by atoms with Gasteiger partial charge in [0, 0.05) is 6.07 Å². The second kappa shape index (κ2) is 6.30. The topological polar surface area (TPSA) is 68.3 Å². The number of halogens is 1. The van der Waals surface area contributed by atoms with E-state index in [0.29, 0.717) is 28.7 Å². The van der Waals surface area contributed by atoms with Gasteiger partial charge in [-0.3, -0.25) is 5.41 Å². The molecule has 2 aromatic rings. The molecular formula is C15H15ClN2O2. The van der Waals surface area contributed by atoms with E-state index in [-0.39, 0.29) is 5.84 Å². The van der Waals surface area contributed by atoms with Gasteiger partial charge in [0.1, 0.15) is 23.1 Å². The number of hydrogen-bond donors (Lipinski definition) is 2. The Balaban J connectivity index is 2.32. The van der Waals surface area contributed by atoms with Crippen LogP contribution in [-0.2, 0) is 0 Å². The maximum absolute atomic E-state index is 7.58. The summed E-state index contributed by atoms with van der Waals surface area (Å²) in [5.41, 5.74) is 5.93. The van der Waals surface area contributed by atoms with Gasteiger partial charge in [-0.05, 0) is 31.2 Å². The minimum absolute atomic E-state index is 0.133. The Kier molecular flexibility index (Phi) is 4.48. The smallest absolute Gasteiger partial charge is 0.139 e. The molecule has 0 amide bonds. The summed E-state index contributed by atoms with van der Waals surface area (Å²) in [5.74, 6) is 1.63. The van der Waals surface area contributed by atoms with Crippen LogP contribution in [0.1, 0.15) is 12.5 Å². The summed E-state index contributed by atoms with van der Waals surface area (Å²) in [5, 5.41) is 7.96. The first-order valence-electron chi connectivity index (χ1n) is 6.15. The van der Waals surface area contributed by atoms with Crippen LogP contribution in [0.4, 0.5) is 0 Å². The maximum atomic E-state index is 7.58. The van der Waals surface area contributed by atoms with Gasteiger partial charge in [0.25, 0.3) is 0 Å². The highest BCUT2D eigenvalue weighted by Crippen LogP contribution is 2.31. The molecule has 0 saturated heterocycles. The highest BCUT2D eigenvalue weighted by Gasteiger charge is 2.12. The van der Waals surface area contributed by atoms with E-state index in [9.17, 15) is 0 Å². The molecule has 3 N–H and O–H groups in total. The Bertz CT molecular complexity index is 629. The number of nitrogen functional groups attached to an aromatic ring is 1. The SMILES string of the molecule is CCOc1cccc(Oc2cccc(Cl)c2C(=N)N)c1. The second-order valence-corrected chi connectivity index (χ2v) is 4.44. The van der Waals surface area contributed by atoms with Crippen LogP contribution in [0.5, 0.6) is 17.2 Å². The molecule has 0 unspecified atom stereocenters. The maximum Gasteiger partial charge on any atom is 0.139 e. The Morgan fingerprint density at radius 3 is 2.60 bits per heavy atom. The molecule has 0 heterocycles. The number of nitrogens with one attached hydrogen (secondary N) is 1. The number of rotatable bonds is 5. The summed E-state index contributed by atoms with van der Waals surface area (Å²) < 4.78 is 11.2. The van der Waals surface area contributed by atoms with Gasteiger partial charge in [-0.2, -0.15) is 0 Å². The van der Waals surface area contributed by atoms with Gasteiger partial charge in [-0.15, -0.1) is 0 Å². The van der Waals surface area contributed by atoms with Gasteiger partial charge in [0.15, 0.2) is 0 Å². The lowest BCUT2D eigenvalue weighted by molar-refractivity contribution is 0.338. The third kappa shape index (κ3) is 3.22. The fourth-order valence-corrected chi connectivity index (χ4v) is 2.04. The molecule has 0 aliphatic rings. The van der Waals surface area contributed by atoms with Gasteiger partial charge in [-0.1, -0.05) is 23.7 Å². The average Bonchev–Trinajstić information content (AvgIpc) is 2.39. The van der Waals surface area contributed by atoms with Crippen LogP contribution >= 0.6 is 11.6 Å². The molecule has 2 aromatic carbocycles. The molecule has 5 heteroatoms.